The Kier molecular flexibility index (Phi) is 3.64. The van der Waals surface area contributed by atoms with Gasteiger partial charge in [-0.15, -0.1) is 0 Å². The molecule has 3 aromatic carbocycles. The molecule has 0 radical (unpaired) electrons. The maximum Gasteiger partial charge on any atom is 0.234 e. The van der Waals surface area contributed by atoms with E-state index in [9.17, 15) is 0 Å². The average molecular weight is 412 g/mol. The van der Waals surface area contributed by atoms with E-state index in [1.54, 1.807) is 0 Å². The molecule has 0 fully saturated rings. The van der Waals surface area contributed by atoms with Gasteiger partial charge in [-0.05, 0) is 43.2 Å². The second kappa shape index (κ2) is 6.66. The molecule has 3 heterocycles. The van der Waals surface area contributed by atoms with Crippen molar-refractivity contribution < 1.29 is 0 Å². The first-order valence-electron chi connectivity index (χ1n) is 11.0. The van der Waals surface area contributed by atoms with Crippen molar-refractivity contribution in [3.63, 3.8) is 0 Å². The van der Waals surface area contributed by atoms with E-state index < -0.39 is 0 Å². The Hall–Kier alpha value is -4.18. The maximum atomic E-state index is 4.63. The Bertz CT molecular complexity index is 1710. The van der Waals surface area contributed by atoms with Crippen LogP contribution >= 0.6 is 0 Å². The van der Waals surface area contributed by atoms with Crippen molar-refractivity contribution in [1.29, 1.82) is 0 Å². The van der Waals surface area contributed by atoms with E-state index in [1.807, 2.05) is 18.5 Å². The SMILES string of the molecule is C1=CC(n2c3ccccc3c3c2ccc2c4ccccc4n(-c4ncccn4)c23)=CCC1. The van der Waals surface area contributed by atoms with Gasteiger partial charge in [0.25, 0.3) is 0 Å². The highest BCUT2D eigenvalue weighted by Crippen LogP contribution is 2.41. The first kappa shape index (κ1) is 17.5. The van der Waals surface area contributed by atoms with Crippen LogP contribution in [0.3, 0.4) is 0 Å². The van der Waals surface area contributed by atoms with Crippen molar-refractivity contribution in [3.8, 4) is 5.95 Å². The molecule has 0 unspecified atom stereocenters. The molecule has 0 bridgehead atoms. The average Bonchev–Trinajstić information content (AvgIpc) is 3.38. The summed E-state index contributed by atoms with van der Waals surface area (Å²) in [5.74, 6) is 0.694. The lowest BCUT2D eigenvalue weighted by Crippen LogP contribution is -2.00. The van der Waals surface area contributed by atoms with Gasteiger partial charge >= 0.3 is 0 Å². The predicted molar refractivity (Wildman–Crippen MR) is 132 cm³/mol. The molecule has 0 amide bonds. The highest BCUT2D eigenvalue weighted by molar-refractivity contribution is 6.26. The van der Waals surface area contributed by atoms with Crippen molar-refractivity contribution in [3.05, 3.63) is 97.4 Å². The Morgan fingerprint density at radius 3 is 2.16 bits per heavy atom. The maximum absolute atomic E-state index is 4.63. The normalized spacial score (nSPS) is 14.1. The van der Waals surface area contributed by atoms with Gasteiger partial charge in [0.05, 0.1) is 22.1 Å². The number of rotatable bonds is 2. The number of aromatic nitrogens is 4. The van der Waals surface area contributed by atoms with E-state index >= 15 is 0 Å². The minimum absolute atomic E-state index is 0.694. The highest BCUT2D eigenvalue weighted by Gasteiger charge is 2.21. The van der Waals surface area contributed by atoms with Gasteiger partial charge in [-0.2, -0.15) is 0 Å². The van der Waals surface area contributed by atoms with Crippen molar-refractivity contribution >= 4 is 49.3 Å². The third-order valence-corrected chi connectivity index (χ3v) is 6.46. The fraction of sp³-hybridized carbons (Fsp3) is 0.0714. The van der Waals surface area contributed by atoms with Gasteiger partial charge in [0.15, 0.2) is 0 Å². The van der Waals surface area contributed by atoms with Crippen molar-refractivity contribution in [2.75, 3.05) is 0 Å². The first-order valence-corrected chi connectivity index (χ1v) is 11.0. The van der Waals surface area contributed by atoms with Crippen LogP contribution in [0.25, 0.3) is 55.3 Å². The Morgan fingerprint density at radius 2 is 1.38 bits per heavy atom. The second-order valence-corrected chi connectivity index (χ2v) is 8.22. The van der Waals surface area contributed by atoms with Crippen LogP contribution < -0.4 is 0 Å². The number of allylic oxidation sites excluding steroid dienone is 4. The minimum atomic E-state index is 0.694. The van der Waals surface area contributed by atoms with E-state index in [-0.39, 0.29) is 0 Å². The van der Waals surface area contributed by atoms with Crippen molar-refractivity contribution in [2.24, 2.45) is 0 Å². The zero-order valence-corrected chi connectivity index (χ0v) is 17.4. The number of nitrogens with zero attached hydrogens (tertiary/aromatic N) is 4. The van der Waals surface area contributed by atoms with Gasteiger partial charge < -0.3 is 4.57 Å². The van der Waals surface area contributed by atoms with E-state index in [2.05, 4.69) is 98.0 Å². The Morgan fingerprint density at radius 1 is 0.625 bits per heavy atom. The molecule has 0 saturated heterocycles. The standard InChI is InChI=1S/C28H20N4/c1-2-9-19(10-3-1)31-24-14-7-5-12-22(24)26-25(31)16-15-21-20-11-4-6-13-23(20)32(27(21)26)28-29-17-8-18-30-28/h2,4-18H,1,3H2. The molecule has 1 aliphatic carbocycles. The first-order chi connectivity index (χ1) is 15.9. The molecule has 0 saturated carbocycles. The molecule has 0 spiro atoms. The van der Waals surface area contributed by atoms with Crippen LogP contribution in [0.15, 0.2) is 97.4 Å². The van der Waals surface area contributed by atoms with Crippen LogP contribution in [0.1, 0.15) is 12.8 Å². The van der Waals surface area contributed by atoms with Gasteiger partial charge in [0.2, 0.25) is 5.95 Å². The van der Waals surface area contributed by atoms with Gasteiger partial charge in [-0.3, -0.25) is 4.57 Å². The summed E-state index contributed by atoms with van der Waals surface area (Å²) in [6.07, 6.45) is 12.6. The molecule has 3 aromatic heterocycles. The molecular formula is C28H20N4. The van der Waals surface area contributed by atoms with Gasteiger partial charge in [-0.25, -0.2) is 9.97 Å². The summed E-state index contributed by atoms with van der Waals surface area (Å²) in [6.45, 7) is 0. The molecule has 4 heteroatoms. The van der Waals surface area contributed by atoms with Crippen molar-refractivity contribution in [1.82, 2.24) is 19.1 Å². The predicted octanol–water partition coefficient (Wildman–Crippen LogP) is 6.87. The number of hydrogen-bond acceptors (Lipinski definition) is 2. The number of fused-ring (bicyclic) bond motifs is 7. The Balaban J connectivity index is 1.75. The summed E-state index contributed by atoms with van der Waals surface area (Å²) in [5.41, 5.74) is 5.94. The van der Waals surface area contributed by atoms with Crippen LogP contribution in [0, 0.1) is 0 Å². The fourth-order valence-electron chi connectivity index (χ4n) is 5.17. The summed E-state index contributed by atoms with van der Waals surface area (Å²) in [7, 11) is 0. The molecule has 4 nitrogen and oxygen atoms in total. The second-order valence-electron chi connectivity index (χ2n) is 8.22. The minimum Gasteiger partial charge on any atom is -0.310 e. The summed E-state index contributed by atoms with van der Waals surface area (Å²) in [5, 5.41) is 4.91. The molecule has 7 rings (SSSR count). The number of benzene rings is 3. The molecular weight excluding hydrogens is 392 g/mol. The molecule has 32 heavy (non-hydrogen) atoms. The van der Waals surface area contributed by atoms with Gasteiger partial charge in [0.1, 0.15) is 0 Å². The van der Waals surface area contributed by atoms with Gasteiger partial charge in [0, 0.05) is 39.6 Å². The molecule has 152 valence electrons. The summed E-state index contributed by atoms with van der Waals surface area (Å²) in [6, 6.07) is 23.6. The largest absolute Gasteiger partial charge is 0.310 e. The number of para-hydroxylation sites is 2. The highest BCUT2D eigenvalue weighted by atomic mass is 15.2. The van der Waals surface area contributed by atoms with E-state index in [0.29, 0.717) is 5.95 Å². The number of hydrogen-bond donors (Lipinski definition) is 0. The fourth-order valence-corrected chi connectivity index (χ4v) is 5.17. The summed E-state index contributed by atoms with van der Waals surface area (Å²) >= 11 is 0. The third kappa shape index (κ3) is 2.32. The van der Waals surface area contributed by atoms with Crippen LogP contribution in [0.5, 0.6) is 0 Å². The third-order valence-electron chi connectivity index (χ3n) is 6.46. The van der Waals surface area contributed by atoms with Crippen LogP contribution in [-0.2, 0) is 0 Å². The van der Waals surface area contributed by atoms with Crippen LogP contribution in [-0.4, -0.2) is 19.1 Å². The van der Waals surface area contributed by atoms with Crippen LogP contribution in [0.4, 0.5) is 0 Å². The Labute approximate surface area is 184 Å². The van der Waals surface area contributed by atoms with Crippen molar-refractivity contribution in [2.45, 2.75) is 12.8 Å². The van der Waals surface area contributed by atoms with E-state index in [1.165, 1.54) is 38.3 Å². The lowest BCUT2D eigenvalue weighted by atomic mass is 10.1. The lowest BCUT2D eigenvalue weighted by Gasteiger charge is -2.12. The summed E-state index contributed by atoms with van der Waals surface area (Å²) in [4.78, 5) is 9.25. The molecule has 0 aliphatic heterocycles. The molecule has 6 aromatic rings. The molecule has 0 N–H and O–H groups in total. The smallest absolute Gasteiger partial charge is 0.234 e. The van der Waals surface area contributed by atoms with Gasteiger partial charge in [-0.1, -0.05) is 54.6 Å². The van der Waals surface area contributed by atoms with Crippen LogP contribution in [0.2, 0.25) is 0 Å². The monoisotopic (exact) mass is 412 g/mol. The lowest BCUT2D eigenvalue weighted by molar-refractivity contribution is 0.991. The zero-order chi connectivity index (χ0) is 21.1. The van der Waals surface area contributed by atoms with E-state index in [0.717, 1.165) is 23.9 Å². The summed E-state index contributed by atoms with van der Waals surface area (Å²) < 4.78 is 4.61. The van der Waals surface area contributed by atoms with E-state index in [4.69, 9.17) is 0 Å². The quantitative estimate of drug-likeness (QED) is 0.311. The molecule has 1 aliphatic rings. The topological polar surface area (TPSA) is 35.6 Å². The molecule has 0 atom stereocenters. The zero-order valence-electron chi connectivity index (χ0n) is 17.4.